The highest BCUT2D eigenvalue weighted by molar-refractivity contribution is 5.89. The number of rotatable bonds is 3. The molecule has 4 heteroatoms. The molecular formula is C15H16O4. The van der Waals surface area contributed by atoms with Crippen LogP contribution in [0, 0.1) is 11.8 Å². The molecule has 4 atom stereocenters. The quantitative estimate of drug-likeness (QED) is 0.614. The number of fused-ring (bicyclic) bond motifs is 1. The molecule has 0 unspecified atom stereocenters. The molecule has 4 nitrogen and oxygen atoms in total. The Bertz CT molecular complexity index is 470. The molecule has 0 radical (unpaired) electrons. The second-order valence-electron chi connectivity index (χ2n) is 5.12. The molecule has 1 aromatic carbocycles. The molecule has 2 fully saturated rings. The smallest absolute Gasteiger partial charge is 0.338 e. The van der Waals surface area contributed by atoms with E-state index >= 15 is 0 Å². The van der Waals surface area contributed by atoms with Gasteiger partial charge in [-0.1, -0.05) is 18.2 Å². The Morgan fingerprint density at radius 2 is 2.11 bits per heavy atom. The maximum Gasteiger partial charge on any atom is 0.338 e. The van der Waals surface area contributed by atoms with E-state index in [0.717, 1.165) is 12.7 Å². The molecule has 19 heavy (non-hydrogen) atoms. The van der Waals surface area contributed by atoms with Crippen LogP contribution in [0.25, 0.3) is 0 Å². The topological polar surface area (TPSA) is 52.6 Å². The number of esters is 1. The number of carbonyl (C=O) groups is 2. The Balaban J connectivity index is 1.70. The number of carbonyl (C=O) groups excluding carboxylic acids is 2. The monoisotopic (exact) mass is 260 g/mol. The number of hydrogen-bond donors (Lipinski definition) is 0. The number of ether oxygens (including phenoxy) is 2. The lowest BCUT2D eigenvalue weighted by atomic mass is 9.94. The van der Waals surface area contributed by atoms with Gasteiger partial charge < -0.3 is 14.3 Å². The maximum atomic E-state index is 12.0. The summed E-state index contributed by atoms with van der Waals surface area (Å²) >= 11 is 0. The van der Waals surface area contributed by atoms with E-state index in [1.54, 1.807) is 24.3 Å². The van der Waals surface area contributed by atoms with Gasteiger partial charge in [0, 0.05) is 18.9 Å². The average molecular weight is 260 g/mol. The molecule has 2 aliphatic rings. The third-order valence-electron chi connectivity index (χ3n) is 4.07. The Morgan fingerprint density at radius 1 is 1.32 bits per heavy atom. The first kappa shape index (κ1) is 12.4. The van der Waals surface area contributed by atoms with Crippen LogP contribution in [0.2, 0.25) is 0 Å². The summed E-state index contributed by atoms with van der Waals surface area (Å²) in [7, 11) is 0. The average Bonchev–Trinajstić information content (AvgIpc) is 3.00. The summed E-state index contributed by atoms with van der Waals surface area (Å²) < 4.78 is 11.1. The molecule has 0 amide bonds. The normalized spacial score (nSPS) is 32.8. The molecule has 1 saturated carbocycles. The van der Waals surface area contributed by atoms with Crippen LogP contribution in [0.1, 0.15) is 23.2 Å². The first-order valence-corrected chi connectivity index (χ1v) is 6.62. The van der Waals surface area contributed by atoms with Crippen molar-refractivity contribution in [1.29, 1.82) is 0 Å². The zero-order valence-corrected chi connectivity index (χ0v) is 10.5. The third kappa shape index (κ3) is 2.28. The predicted molar refractivity (Wildman–Crippen MR) is 67.7 cm³/mol. The summed E-state index contributed by atoms with van der Waals surface area (Å²) in [4.78, 5) is 23.2. The molecular weight excluding hydrogens is 244 g/mol. The van der Waals surface area contributed by atoms with Crippen LogP contribution in [0.15, 0.2) is 30.3 Å². The minimum atomic E-state index is -0.363. The first-order chi connectivity index (χ1) is 9.29. The number of aldehydes is 1. The summed E-state index contributed by atoms with van der Waals surface area (Å²) in [6.07, 6.45) is 2.16. The van der Waals surface area contributed by atoms with Gasteiger partial charge in [0.25, 0.3) is 0 Å². The molecule has 1 aliphatic carbocycles. The molecule has 1 aromatic rings. The first-order valence-electron chi connectivity index (χ1n) is 6.62. The van der Waals surface area contributed by atoms with E-state index in [9.17, 15) is 9.59 Å². The standard InChI is InChI=1S/C15H16O4/c16-9-12-11-6-7-18-13(11)8-14(12)19-15(17)10-4-2-1-3-5-10/h1-5,9,11-14H,6-8H2/t11-,12-,13+,14-/m1/s1. The third-order valence-corrected chi connectivity index (χ3v) is 4.07. The Morgan fingerprint density at radius 3 is 2.84 bits per heavy atom. The van der Waals surface area contributed by atoms with Gasteiger partial charge in [-0.05, 0) is 18.6 Å². The van der Waals surface area contributed by atoms with Crippen LogP contribution in [-0.2, 0) is 14.3 Å². The summed E-state index contributed by atoms with van der Waals surface area (Å²) in [5.41, 5.74) is 0.519. The lowest BCUT2D eigenvalue weighted by molar-refractivity contribution is -0.114. The highest BCUT2D eigenvalue weighted by Gasteiger charge is 2.48. The van der Waals surface area contributed by atoms with Crippen molar-refractivity contribution in [2.24, 2.45) is 11.8 Å². The fourth-order valence-electron chi connectivity index (χ4n) is 3.10. The molecule has 0 aromatic heterocycles. The van der Waals surface area contributed by atoms with Gasteiger partial charge in [0.15, 0.2) is 0 Å². The van der Waals surface area contributed by atoms with Gasteiger partial charge in [-0.15, -0.1) is 0 Å². The van der Waals surface area contributed by atoms with Crippen molar-refractivity contribution >= 4 is 12.3 Å². The van der Waals surface area contributed by atoms with Gasteiger partial charge in [-0.2, -0.15) is 0 Å². The number of hydrogen-bond acceptors (Lipinski definition) is 4. The van der Waals surface area contributed by atoms with Crippen LogP contribution in [0.4, 0.5) is 0 Å². The van der Waals surface area contributed by atoms with E-state index in [-0.39, 0.29) is 30.0 Å². The maximum absolute atomic E-state index is 12.0. The SMILES string of the molecule is O=C[C@@H]1[C@H]2CCO[C@H]2C[C@H]1OC(=O)c1ccccc1. The Labute approximate surface area is 111 Å². The molecule has 0 bridgehead atoms. The summed E-state index contributed by atoms with van der Waals surface area (Å²) in [6.45, 7) is 0.707. The zero-order valence-electron chi connectivity index (χ0n) is 10.5. The molecule has 100 valence electrons. The van der Waals surface area contributed by atoms with Crippen molar-refractivity contribution in [3.8, 4) is 0 Å². The molecule has 1 saturated heterocycles. The van der Waals surface area contributed by atoms with Gasteiger partial charge in [0.05, 0.1) is 17.6 Å². The minimum absolute atomic E-state index is 0.0729. The van der Waals surface area contributed by atoms with Gasteiger partial charge in [-0.25, -0.2) is 4.79 Å². The van der Waals surface area contributed by atoms with E-state index in [1.807, 2.05) is 6.07 Å². The minimum Gasteiger partial charge on any atom is -0.458 e. The summed E-state index contributed by atoms with van der Waals surface area (Å²) in [6, 6.07) is 8.86. The second-order valence-corrected chi connectivity index (χ2v) is 5.12. The van der Waals surface area contributed by atoms with Crippen LogP contribution in [0.5, 0.6) is 0 Å². The van der Waals surface area contributed by atoms with Crippen molar-refractivity contribution in [1.82, 2.24) is 0 Å². The van der Waals surface area contributed by atoms with Crippen LogP contribution in [0.3, 0.4) is 0 Å². The van der Waals surface area contributed by atoms with Crippen molar-refractivity contribution in [2.45, 2.75) is 25.0 Å². The lowest BCUT2D eigenvalue weighted by Gasteiger charge is -2.18. The Hall–Kier alpha value is -1.68. The highest BCUT2D eigenvalue weighted by Crippen LogP contribution is 2.41. The lowest BCUT2D eigenvalue weighted by Crippen LogP contribution is -2.26. The summed E-state index contributed by atoms with van der Waals surface area (Å²) in [5, 5.41) is 0. The molecule has 1 aliphatic heterocycles. The van der Waals surface area contributed by atoms with Crippen LogP contribution in [-0.4, -0.2) is 31.1 Å². The van der Waals surface area contributed by atoms with E-state index in [2.05, 4.69) is 0 Å². The molecule has 1 heterocycles. The fourth-order valence-corrected chi connectivity index (χ4v) is 3.10. The zero-order chi connectivity index (χ0) is 13.2. The van der Waals surface area contributed by atoms with Crippen molar-refractivity contribution in [3.05, 3.63) is 35.9 Å². The summed E-state index contributed by atoms with van der Waals surface area (Å²) in [5.74, 6) is -0.372. The molecule has 0 N–H and O–H groups in total. The van der Waals surface area contributed by atoms with Crippen molar-refractivity contribution < 1.29 is 19.1 Å². The van der Waals surface area contributed by atoms with Crippen LogP contribution >= 0.6 is 0 Å². The van der Waals surface area contributed by atoms with E-state index in [0.29, 0.717) is 18.6 Å². The van der Waals surface area contributed by atoms with E-state index in [1.165, 1.54) is 0 Å². The molecule has 0 spiro atoms. The van der Waals surface area contributed by atoms with E-state index in [4.69, 9.17) is 9.47 Å². The largest absolute Gasteiger partial charge is 0.458 e. The second kappa shape index (κ2) is 5.13. The van der Waals surface area contributed by atoms with Crippen molar-refractivity contribution in [3.63, 3.8) is 0 Å². The molecule has 3 rings (SSSR count). The fraction of sp³-hybridized carbons (Fsp3) is 0.467. The van der Waals surface area contributed by atoms with Crippen molar-refractivity contribution in [2.75, 3.05) is 6.61 Å². The van der Waals surface area contributed by atoms with E-state index < -0.39 is 0 Å². The van der Waals surface area contributed by atoms with Gasteiger partial charge in [0.1, 0.15) is 12.4 Å². The van der Waals surface area contributed by atoms with Gasteiger partial charge in [0.2, 0.25) is 0 Å². The van der Waals surface area contributed by atoms with Gasteiger partial charge >= 0.3 is 5.97 Å². The predicted octanol–water partition coefficient (Wildman–Crippen LogP) is 1.84. The van der Waals surface area contributed by atoms with Gasteiger partial charge in [-0.3, -0.25) is 0 Å². The highest BCUT2D eigenvalue weighted by atomic mass is 16.5. The van der Waals surface area contributed by atoms with Crippen LogP contribution < -0.4 is 0 Å². The Kier molecular flexibility index (Phi) is 3.34. The number of benzene rings is 1.